The van der Waals surface area contributed by atoms with E-state index in [9.17, 15) is 27.9 Å². The number of halogens is 6. The van der Waals surface area contributed by atoms with Gasteiger partial charge in [-0.3, -0.25) is 9.59 Å². The Bertz CT molecular complexity index is 1710. The Hall–Kier alpha value is -3.48. The number of alkyl halides is 3. The molecule has 14 heteroatoms. The smallest absolute Gasteiger partial charge is 0.397 e. The first kappa shape index (κ1) is 37.8. The van der Waals surface area contributed by atoms with E-state index >= 15 is 0 Å². The van der Waals surface area contributed by atoms with Gasteiger partial charge in [0.25, 0.3) is 5.91 Å². The minimum absolute atomic E-state index is 0.0357. The van der Waals surface area contributed by atoms with Crippen LogP contribution in [0.3, 0.4) is 0 Å². The maximum absolute atomic E-state index is 14.4. The van der Waals surface area contributed by atoms with Gasteiger partial charge in [0.2, 0.25) is 5.91 Å². The second-order valence-electron chi connectivity index (χ2n) is 12.3. The molecule has 1 aliphatic heterocycles. The molecule has 0 radical (unpaired) electrons. The average molecular weight is 755 g/mol. The highest BCUT2D eigenvalue weighted by molar-refractivity contribution is 6.37. The van der Waals surface area contributed by atoms with Crippen molar-refractivity contribution in [3.8, 4) is 11.5 Å². The molecule has 1 saturated carbocycles. The van der Waals surface area contributed by atoms with E-state index in [4.69, 9.17) is 44.3 Å². The van der Waals surface area contributed by atoms with Gasteiger partial charge >= 0.3 is 6.18 Å². The summed E-state index contributed by atoms with van der Waals surface area (Å²) >= 11 is 19.0. The van der Waals surface area contributed by atoms with Gasteiger partial charge in [-0.05, 0) is 90.9 Å². The SMILES string of the molecule is Cc1cc(Cl)c(OCCOc2ccc(C3=C(C(=O)N(Cc4cc(CNC(=O)CC(F)(F)F)ccc4Cl)C4CC4)[C@@H](CO)NCC3)cc2)c(Cl)c1. The van der Waals surface area contributed by atoms with E-state index in [0.29, 0.717) is 56.2 Å². The predicted molar refractivity (Wildman–Crippen MR) is 187 cm³/mol. The first-order valence-corrected chi connectivity index (χ1v) is 17.3. The molecule has 2 aliphatic rings. The zero-order valence-electron chi connectivity index (χ0n) is 27.2. The van der Waals surface area contributed by atoms with Crippen LogP contribution in [0, 0.1) is 6.92 Å². The minimum Gasteiger partial charge on any atom is -0.490 e. The van der Waals surface area contributed by atoms with Gasteiger partial charge in [0.05, 0.1) is 22.7 Å². The lowest BCUT2D eigenvalue weighted by Gasteiger charge is -2.33. The number of nitrogens with zero attached hydrogens (tertiary/aromatic N) is 1. The monoisotopic (exact) mass is 753 g/mol. The quantitative estimate of drug-likeness (QED) is 0.150. The molecule has 1 heterocycles. The maximum atomic E-state index is 14.4. The van der Waals surface area contributed by atoms with Crippen LogP contribution in [-0.4, -0.2) is 66.4 Å². The van der Waals surface area contributed by atoms with E-state index in [2.05, 4.69) is 10.6 Å². The molecular weight excluding hydrogens is 718 g/mol. The Morgan fingerprint density at radius 3 is 2.30 bits per heavy atom. The van der Waals surface area contributed by atoms with Gasteiger partial charge in [0.1, 0.15) is 25.4 Å². The van der Waals surface area contributed by atoms with Crippen molar-refractivity contribution in [1.29, 1.82) is 0 Å². The molecule has 5 rings (SSSR count). The van der Waals surface area contributed by atoms with Gasteiger partial charge in [-0.25, -0.2) is 0 Å². The maximum Gasteiger partial charge on any atom is 0.397 e. The second-order valence-corrected chi connectivity index (χ2v) is 13.5. The van der Waals surface area contributed by atoms with Crippen LogP contribution in [-0.2, 0) is 22.7 Å². The normalized spacial score (nSPS) is 16.3. The lowest BCUT2D eigenvalue weighted by Crippen LogP contribution is -2.46. The van der Waals surface area contributed by atoms with Gasteiger partial charge in [-0.15, -0.1) is 0 Å². The second kappa shape index (κ2) is 16.7. The van der Waals surface area contributed by atoms with E-state index in [1.54, 1.807) is 35.2 Å². The summed E-state index contributed by atoms with van der Waals surface area (Å²) in [7, 11) is 0. The van der Waals surface area contributed by atoms with Crippen molar-refractivity contribution in [1.82, 2.24) is 15.5 Å². The van der Waals surface area contributed by atoms with Crippen LogP contribution in [0.5, 0.6) is 11.5 Å². The summed E-state index contributed by atoms with van der Waals surface area (Å²) in [4.78, 5) is 27.8. The highest BCUT2D eigenvalue weighted by atomic mass is 35.5. The number of aryl methyl sites for hydroxylation is 1. The standard InChI is InChI=1S/C36H37Cl3F3N3O5/c1-21-14-29(38)34(30(39)15-21)50-13-12-49-26-7-3-23(4-8-26)27-10-11-43-31(20-46)33(27)35(48)45(25-5-6-25)19-24-16-22(2-9-28(24)37)18-44-32(47)17-36(40,41)42/h2-4,7-9,14-16,25,31,43,46H,5-6,10-13,17-20H2,1H3,(H,44,47)/t31-/m1/s1. The number of aliphatic hydroxyl groups excluding tert-OH is 1. The Labute approximate surface area is 303 Å². The third kappa shape index (κ3) is 10.1. The molecule has 1 fully saturated rings. The molecule has 2 amide bonds. The largest absolute Gasteiger partial charge is 0.490 e. The van der Waals surface area contributed by atoms with Gasteiger partial charge in [0, 0.05) is 29.7 Å². The van der Waals surface area contributed by atoms with Crippen LogP contribution >= 0.6 is 34.8 Å². The number of benzene rings is 3. The van der Waals surface area contributed by atoms with Crippen LogP contribution in [0.1, 0.15) is 47.9 Å². The topological polar surface area (TPSA) is 100 Å². The molecule has 3 aromatic rings. The average Bonchev–Trinajstić information content (AvgIpc) is 3.91. The lowest BCUT2D eigenvalue weighted by molar-refractivity contribution is -0.153. The van der Waals surface area contributed by atoms with Crippen molar-refractivity contribution < 1.29 is 37.3 Å². The summed E-state index contributed by atoms with van der Waals surface area (Å²) in [6.45, 7) is 2.65. The Balaban J connectivity index is 1.29. The van der Waals surface area contributed by atoms with Gasteiger partial charge in [-0.2, -0.15) is 13.2 Å². The van der Waals surface area contributed by atoms with Gasteiger partial charge < -0.3 is 30.1 Å². The minimum atomic E-state index is -4.60. The number of hydrogen-bond acceptors (Lipinski definition) is 6. The molecule has 0 spiro atoms. The summed E-state index contributed by atoms with van der Waals surface area (Å²) in [6.07, 6.45) is -4.02. The van der Waals surface area contributed by atoms with E-state index in [1.807, 2.05) is 31.2 Å². The number of carbonyl (C=O) groups excluding carboxylic acids is 2. The zero-order chi connectivity index (χ0) is 36.0. The summed E-state index contributed by atoms with van der Waals surface area (Å²) < 4.78 is 49.4. The molecule has 0 unspecified atom stereocenters. The van der Waals surface area contributed by atoms with E-state index < -0.39 is 24.5 Å². The van der Waals surface area contributed by atoms with E-state index in [0.717, 1.165) is 29.5 Å². The number of aliphatic hydroxyl groups is 1. The molecule has 1 aliphatic carbocycles. The van der Waals surface area contributed by atoms with Gasteiger partial charge in [-0.1, -0.05) is 59.1 Å². The van der Waals surface area contributed by atoms with E-state index in [1.165, 1.54) is 0 Å². The van der Waals surface area contributed by atoms with Crippen molar-refractivity contribution in [2.75, 3.05) is 26.4 Å². The van der Waals surface area contributed by atoms with Crippen molar-refractivity contribution in [2.24, 2.45) is 0 Å². The van der Waals surface area contributed by atoms with Crippen molar-refractivity contribution in [3.05, 3.63) is 97.5 Å². The van der Waals surface area contributed by atoms with Crippen molar-refractivity contribution in [3.63, 3.8) is 0 Å². The predicted octanol–water partition coefficient (Wildman–Crippen LogP) is 7.28. The molecule has 3 aromatic carbocycles. The summed E-state index contributed by atoms with van der Waals surface area (Å²) in [5.74, 6) is -0.372. The number of rotatable bonds is 14. The Morgan fingerprint density at radius 2 is 1.66 bits per heavy atom. The van der Waals surface area contributed by atoms with Crippen LogP contribution in [0.15, 0.2) is 60.2 Å². The zero-order valence-corrected chi connectivity index (χ0v) is 29.5. The fraction of sp³-hybridized carbons (Fsp3) is 0.389. The lowest BCUT2D eigenvalue weighted by atomic mass is 9.88. The fourth-order valence-corrected chi connectivity index (χ4v) is 6.71. The first-order valence-electron chi connectivity index (χ1n) is 16.1. The summed E-state index contributed by atoms with van der Waals surface area (Å²) in [5, 5.41) is 17.1. The third-order valence-corrected chi connectivity index (χ3v) is 9.28. The molecule has 1 atom stereocenters. The number of nitrogens with one attached hydrogen (secondary N) is 2. The molecule has 268 valence electrons. The molecular formula is C36H37Cl3F3N3O5. The Morgan fingerprint density at radius 1 is 0.980 bits per heavy atom. The first-order chi connectivity index (χ1) is 23.8. The van der Waals surface area contributed by atoms with E-state index in [-0.39, 0.29) is 44.9 Å². The molecule has 0 bridgehead atoms. The molecule has 0 saturated heterocycles. The Kier molecular flexibility index (Phi) is 12.6. The van der Waals surface area contributed by atoms with Crippen molar-refractivity contribution >= 4 is 52.2 Å². The molecule has 0 aromatic heterocycles. The third-order valence-electron chi connectivity index (χ3n) is 8.35. The van der Waals surface area contributed by atoms with Crippen LogP contribution in [0.25, 0.3) is 5.57 Å². The number of ether oxygens (including phenoxy) is 2. The molecule has 8 nitrogen and oxygen atoms in total. The molecule has 3 N–H and O–H groups in total. The fourth-order valence-electron chi connectivity index (χ4n) is 5.83. The summed E-state index contributed by atoms with van der Waals surface area (Å²) in [6, 6.07) is 15.2. The molecule has 50 heavy (non-hydrogen) atoms. The van der Waals surface area contributed by atoms with Crippen LogP contribution in [0.2, 0.25) is 15.1 Å². The highest BCUT2D eigenvalue weighted by Gasteiger charge is 2.38. The van der Waals surface area contributed by atoms with Gasteiger partial charge in [0.15, 0.2) is 5.75 Å². The number of carbonyl (C=O) groups is 2. The number of amides is 2. The highest BCUT2D eigenvalue weighted by Crippen LogP contribution is 2.36. The van der Waals surface area contributed by atoms with Crippen LogP contribution < -0.4 is 20.1 Å². The van der Waals surface area contributed by atoms with Crippen LogP contribution in [0.4, 0.5) is 13.2 Å². The summed E-state index contributed by atoms with van der Waals surface area (Å²) in [5.41, 5.74) is 4.16. The number of hydrogen-bond donors (Lipinski definition) is 3. The van der Waals surface area contributed by atoms with Crippen molar-refractivity contribution in [2.45, 2.75) is 64.0 Å².